The number of unbranched alkanes of at least 4 members (excludes halogenated alkanes) is 8. The minimum atomic E-state index is -2.39. The molecule has 0 aromatic heterocycles. The van der Waals surface area contributed by atoms with Gasteiger partial charge >= 0.3 is 8.80 Å². The lowest BCUT2D eigenvalue weighted by molar-refractivity contribution is 0.122. The molecule has 26 heavy (non-hydrogen) atoms. The van der Waals surface area contributed by atoms with Gasteiger partial charge in [-0.2, -0.15) is 0 Å². The molecule has 4 heteroatoms. The van der Waals surface area contributed by atoms with Gasteiger partial charge in [0, 0.05) is 27.4 Å². The maximum Gasteiger partial charge on any atom is 0.500 e. The van der Waals surface area contributed by atoms with Crippen LogP contribution in [-0.4, -0.2) is 30.1 Å². The summed E-state index contributed by atoms with van der Waals surface area (Å²) in [6, 6.07) is 0.933. The molecule has 0 fully saturated rings. The minimum absolute atomic E-state index is 0.785. The van der Waals surface area contributed by atoms with Crippen molar-refractivity contribution in [2.24, 2.45) is 11.8 Å². The molecule has 0 amide bonds. The molecule has 0 bridgehead atoms. The molecule has 0 aliphatic rings. The molecule has 0 heterocycles. The van der Waals surface area contributed by atoms with Crippen molar-refractivity contribution in [3.8, 4) is 0 Å². The average molecular weight is 389 g/mol. The Labute approximate surface area is 165 Å². The van der Waals surface area contributed by atoms with E-state index < -0.39 is 8.80 Å². The Morgan fingerprint density at radius 1 is 0.654 bits per heavy atom. The van der Waals surface area contributed by atoms with Crippen LogP contribution in [0.3, 0.4) is 0 Å². The predicted octanol–water partition coefficient (Wildman–Crippen LogP) is 7.23. The summed E-state index contributed by atoms with van der Waals surface area (Å²) in [5.74, 6) is 1.63. The highest BCUT2D eigenvalue weighted by Gasteiger charge is 2.37. The molecule has 0 aromatic carbocycles. The number of hydrogen-bond donors (Lipinski definition) is 0. The van der Waals surface area contributed by atoms with Crippen molar-refractivity contribution in [2.45, 2.75) is 110 Å². The normalized spacial score (nSPS) is 13.5. The second kappa shape index (κ2) is 17.2. The van der Waals surface area contributed by atoms with E-state index in [2.05, 4.69) is 20.8 Å². The molecule has 1 unspecified atom stereocenters. The van der Waals surface area contributed by atoms with Crippen LogP contribution >= 0.6 is 0 Å². The van der Waals surface area contributed by atoms with E-state index in [1.54, 1.807) is 21.3 Å². The van der Waals surface area contributed by atoms with Gasteiger partial charge in [0.25, 0.3) is 0 Å². The van der Waals surface area contributed by atoms with Crippen molar-refractivity contribution >= 4 is 8.80 Å². The highest BCUT2D eigenvalue weighted by Crippen LogP contribution is 2.27. The third kappa shape index (κ3) is 13.3. The van der Waals surface area contributed by atoms with Gasteiger partial charge in [-0.3, -0.25) is 0 Å². The third-order valence-electron chi connectivity index (χ3n) is 5.55. The van der Waals surface area contributed by atoms with Gasteiger partial charge in [0.1, 0.15) is 0 Å². The largest absolute Gasteiger partial charge is 0.500 e. The van der Waals surface area contributed by atoms with E-state index in [4.69, 9.17) is 13.3 Å². The molecule has 0 radical (unpaired) electrons. The van der Waals surface area contributed by atoms with Crippen molar-refractivity contribution in [1.82, 2.24) is 0 Å². The van der Waals surface area contributed by atoms with E-state index in [1.807, 2.05) is 0 Å². The second-order valence-electron chi connectivity index (χ2n) is 8.30. The molecule has 3 nitrogen and oxygen atoms in total. The Kier molecular flexibility index (Phi) is 17.3. The fraction of sp³-hybridized carbons (Fsp3) is 1.00. The maximum absolute atomic E-state index is 5.55. The zero-order valence-corrected chi connectivity index (χ0v) is 19.8. The summed E-state index contributed by atoms with van der Waals surface area (Å²) in [7, 11) is 2.76. The van der Waals surface area contributed by atoms with Crippen LogP contribution in [-0.2, 0) is 13.3 Å². The summed E-state index contributed by atoms with van der Waals surface area (Å²) in [5.41, 5.74) is 0. The van der Waals surface area contributed by atoms with E-state index >= 15 is 0 Å². The van der Waals surface area contributed by atoms with Crippen LogP contribution in [0.5, 0.6) is 0 Å². The van der Waals surface area contributed by atoms with Gasteiger partial charge in [-0.25, -0.2) is 0 Å². The van der Waals surface area contributed by atoms with Crippen LogP contribution in [0.25, 0.3) is 0 Å². The summed E-state index contributed by atoms with van der Waals surface area (Å²) >= 11 is 0. The van der Waals surface area contributed by atoms with Gasteiger partial charge in [0.2, 0.25) is 0 Å². The van der Waals surface area contributed by atoms with E-state index in [1.165, 1.54) is 77.0 Å². The van der Waals surface area contributed by atoms with Crippen LogP contribution in [0, 0.1) is 11.8 Å². The summed E-state index contributed by atoms with van der Waals surface area (Å²) in [6.07, 6.45) is 17.9. The minimum Gasteiger partial charge on any atom is -0.377 e. The molecule has 0 aromatic rings. The summed E-state index contributed by atoms with van der Waals surface area (Å²) < 4.78 is 16.7. The summed E-state index contributed by atoms with van der Waals surface area (Å²) in [4.78, 5) is 0. The van der Waals surface area contributed by atoms with Crippen molar-refractivity contribution in [3.05, 3.63) is 0 Å². The first kappa shape index (κ1) is 26.1. The summed E-state index contributed by atoms with van der Waals surface area (Å²) in [6.45, 7) is 6.99. The smallest absolute Gasteiger partial charge is 0.377 e. The van der Waals surface area contributed by atoms with E-state index in [0.29, 0.717) is 0 Å². The first-order valence-electron chi connectivity index (χ1n) is 11.2. The van der Waals surface area contributed by atoms with Crippen LogP contribution in [0.4, 0.5) is 0 Å². The lowest BCUT2D eigenvalue weighted by Crippen LogP contribution is -2.42. The van der Waals surface area contributed by atoms with Crippen LogP contribution in [0.2, 0.25) is 6.04 Å². The first-order valence-corrected chi connectivity index (χ1v) is 13.1. The van der Waals surface area contributed by atoms with Crippen molar-refractivity contribution in [3.63, 3.8) is 0 Å². The first-order chi connectivity index (χ1) is 12.5. The highest BCUT2D eigenvalue weighted by atomic mass is 28.4. The van der Waals surface area contributed by atoms with Gasteiger partial charge in [0.05, 0.1) is 0 Å². The van der Waals surface area contributed by atoms with E-state index in [9.17, 15) is 0 Å². The lowest BCUT2D eigenvalue weighted by atomic mass is 9.88. The number of rotatable bonds is 19. The van der Waals surface area contributed by atoms with Crippen LogP contribution < -0.4 is 0 Å². The van der Waals surface area contributed by atoms with E-state index in [0.717, 1.165) is 24.3 Å². The zero-order valence-electron chi connectivity index (χ0n) is 18.8. The molecular formula is C22H48O3Si. The molecule has 0 rings (SSSR count). The Bertz CT molecular complexity index is 285. The molecule has 0 saturated carbocycles. The fourth-order valence-electron chi connectivity index (χ4n) is 3.95. The monoisotopic (exact) mass is 388 g/mol. The molecule has 0 aliphatic heterocycles. The highest BCUT2D eigenvalue weighted by molar-refractivity contribution is 6.60. The standard InChI is InChI=1S/C22H48O3Si/c1-7-8-9-10-11-12-13-14-15-17-22(20-21(2)3)18-16-19-26(23-4,24-5)25-6/h21-22H,7-20H2,1-6H3. The van der Waals surface area contributed by atoms with Gasteiger partial charge in [-0.05, 0) is 24.7 Å². The van der Waals surface area contributed by atoms with Gasteiger partial charge < -0.3 is 13.3 Å². The molecule has 0 N–H and O–H groups in total. The van der Waals surface area contributed by atoms with E-state index in [-0.39, 0.29) is 0 Å². The van der Waals surface area contributed by atoms with Gasteiger partial charge in [-0.1, -0.05) is 91.4 Å². The Morgan fingerprint density at radius 2 is 1.12 bits per heavy atom. The predicted molar refractivity (Wildman–Crippen MR) is 116 cm³/mol. The van der Waals surface area contributed by atoms with Crippen molar-refractivity contribution < 1.29 is 13.3 Å². The number of hydrogen-bond acceptors (Lipinski definition) is 3. The van der Waals surface area contributed by atoms with Gasteiger partial charge in [-0.15, -0.1) is 0 Å². The lowest BCUT2D eigenvalue weighted by Gasteiger charge is -2.25. The molecule has 1 atom stereocenters. The summed E-state index contributed by atoms with van der Waals surface area (Å²) in [5, 5.41) is 0. The zero-order chi connectivity index (χ0) is 19.7. The Hall–Kier alpha value is 0.0969. The molecule has 0 spiro atoms. The molecule has 0 saturated heterocycles. The van der Waals surface area contributed by atoms with Crippen LogP contribution in [0.15, 0.2) is 0 Å². The molecular weight excluding hydrogens is 340 g/mol. The van der Waals surface area contributed by atoms with Gasteiger partial charge in [0.15, 0.2) is 0 Å². The Morgan fingerprint density at radius 3 is 1.58 bits per heavy atom. The van der Waals surface area contributed by atoms with Crippen molar-refractivity contribution in [1.29, 1.82) is 0 Å². The van der Waals surface area contributed by atoms with Crippen LogP contribution in [0.1, 0.15) is 104 Å². The molecule has 158 valence electrons. The molecule has 0 aliphatic carbocycles. The average Bonchev–Trinajstić information content (AvgIpc) is 2.63. The topological polar surface area (TPSA) is 27.7 Å². The Balaban J connectivity index is 3.95. The fourth-order valence-corrected chi connectivity index (χ4v) is 5.70. The van der Waals surface area contributed by atoms with Crippen molar-refractivity contribution in [2.75, 3.05) is 21.3 Å². The second-order valence-corrected chi connectivity index (χ2v) is 11.4. The quantitative estimate of drug-likeness (QED) is 0.172. The third-order valence-corrected chi connectivity index (χ3v) is 8.38. The SMILES string of the molecule is CCCCCCCCCCCC(CCC[Si](OC)(OC)OC)CC(C)C. The maximum atomic E-state index is 5.55.